The molecule has 1 aromatic rings. The molecule has 0 saturated heterocycles. The Balaban J connectivity index is 2.63. The van der Waals surface area contributed by atoms with Crippen molar-refractivity contribution in [2.24, 2.45) is 0 Å². The molecule has 2 rings (SSSR count). The van der Waals surface area contributed by atoms with Crippen LogP contribution < -0.4 is 0 Å². The molecule has 0 aliphatic carbocycles. The highest BCUT2D eigenvalue weighted by molar-refractivity contribution is 6.80. The number of hydrogen-bond donors (Lipinski definition) is 0. The number of benzene rings is 1. The van der Waals surface area contributed by atoms with Crippen molar-refractivity contribution in [1.82, 2.24) is 0 Å². The van der Waals surface area contributed by atoms with Gasteiger partial charge in [-0.3, -0.25) is 4.79 Å². The van der Waals surface area contributed by atoms with E-state index in [1.165, 1.54) is 0 Å². The highest BCUT2D eigenvalue weighted by atomic mass is 28.3. The summed E-state index contributed by atoms with van der Waals surface area (Å²) in [5.41, 5.74) is 1.12. The second kappa shape index (κ2) is 6.70. The Morgan fingerprint density at radius 3 is 2.35 bits per heavy atom. The largest absolute Gasteiger partial charge is 0.463 e. The van der Waals surface area contributed by atoms with E-state index in [0.29, 0.717) is 17.9 Å². The lowest BCUT2D eigenvalue weighted by Crippen LogP contribution is -2.43. The fourth-order valence-electron chi connectivity index (χ4n) is 3.14. The number of carbonyl (C=O) groups excluding carboxylic acids is 2. The van der Waals surface area contributed by atoms with Crippen LogP contribution in [0.5, 0.6) is 0 Å². The summed E-state index contributed by atoms with van der Waals surface area (Å²) in [4.78, 5) is 25.1. The minimum atomic E-state index is -1.92. The predicted molar refractivity (Wildman–Crippen MR) is 91.7 cm³/mol. The number of ether oxygens (including phenoxy) is 2. The molecule has 0 radical (unpaired) electrons. The third kappa shape index (κ3) is 3.55. The van der Waals surface area contributed by atoms with Gasteiger partial charge in [0.05, 0.1) is 25.8 Å². The van der Waals surface area contributed by atoms with Crippen LogP contribution in [0.25, 0.3) is 0 Å². The summed E-state index contributed by atoms with van der Waals surface area (Å²) >= 11 is 0. The molecule has 1 aliphatic heterocycles. The average Bonchev–Trinajstić information content (AvgIpc) is 2.46. The van der Waals surface area contributed by atoms with Gasteiger partial charge in [0.1, 0.15) is 5.76 Å². The van der Waals surface area contributed by atoms with E-state index in [4.69, 9.17) is 9.47 Å². The van der Waals surface area contributed by atoms with Crippen LogP contribution in [0.1, 0.15) is 25.3 Å². The third-order valence-corrected chi connectivity index (χ3v) is 6.55. The molecular formula is C18H24O4Si. The molecule has 2 atom stereocenters. The molecule has 0 saturated carbocycles. The van der Waals surface area contributed by atoms with Gasteiger partial charge in [0, 0.05) is 5.92 Å². The van der Waals surface area contributed by atoms with E-state index in [2.05, 4.69) is 19.6 Å². The summed E-state index contributed by atoms with van der Waals surface area (Å²) < 4.78 is 10.7. The number of rotatable bonds is 4. The van der Waals surface area contributed by atoms with Crippen molar-refractivity contribution in [1.29, 1.82) is 0 Å². The van der Waals surface area contributed by atoms with E-state index in [-0.39, 0.29) is 17.4 Å². The van der Waals surface area contributed by atoms with Gasteiger partial charge in [-0.15, -0.1) is 0 Å². The molecule has 1 aromatic carbocycles. The van der Waals surface area contributed by atoms with Crippen molar-refractivity contribution in [2.45, 2.75) is 44.9 Å². The summed E-state index contributed by atoms with van der Waals surface area (Å²) in [6.07, 6.45) is 0. The Hall–Kier alpha value is -1.88. The maximum Gasteiger partial charge on any atom is 0.338 e. The van der Waals surface area contributed by atoms with Crippen molar-refractivity contribution in [3.05, 3.63) is 47.2 Å². The average molecular weight is 332 g/mol. The predicted octanol–water partition coefficient (Wildman–Crippen LogP) is 3.87. The zero-order chi connectivity index (χ0) is 17.2. The molecule has 0 unspecified atom stereocenters. The first-order valence-corrected chi connectivity index (χ1v) is 11.5. The minimum absolute atomic E-state index is 0.233. The molecule has 4 nitrogen and oxygen atoms in total. The van der Waals surface area contributed by atoms with Gasteiger partial charge in [0.15, 0.2) is 0 Å². The first-order valence-electron chi connectivity index (χ1n) is 7.92. The van der Waals surface area contributed by atoms with Gasteiger partial charge in [-0.2, -0.15) is 0 Å². The number of hydrogen-bond acceptors (Lipinski definition) is 4. The Labute approximate surface area is 138 Å². The zero-order valence-corrected chi connectivity index (χ0v) is 15.4. The standard InChI is InChI=1S/C18H24O4Si/c1-6-21-17(19)14-12(2)22-18(20)16(23(3,4)5)15(14)13-10-8-7-9-11-13/h7-11,15-16H,6H2,1-5H3/t15-,16+/m0/s1. The summed E-state index contributed by atoms with van der Waals surface area (Å²) in [6, 6.07) is 9.70. The SMILES string of the molecule is CCOC(=O)C1=C(C)OC(=O)[C@H]([Si](C)(C)C)[C@H]1c1ccccc1. The van der Waals surface area contributed by atoms with E-state index in [1.807, 2.05) is 30.3 Å². The summed E-state index contributed by atoms with van der Waals surface area (Å²) in [7, 11) is -1.92. The zero-order valence-electron chi connectivity index (χ0n) is 14.4. The first kappa shape index (κ1) is 17.5. The summed E-state index contributed by atoms with van der Waals surface area (Å²) in [6.45, 7) is 10.1. The second-order valence-corrected chi connectivity index (χ2v) is 12.2. The smallest absolute Gasteiger partial charge is 0.338 e. The van der Waals surface area contributed by atoms with Gasteiger partial charge in [-0.05, 0) is 19.4 Å². The monoisotopic (exact) mass is 332 g/mol. The molecular weight excluding hydrogens is 308 g/mol. The third-order valence-electron chi connectivity index (χ3n) is 4.12. The molecule has 1 aliphatic rings. The van der Waals surface area contributed by atoms with E-state index in [0.717, 1.165) is 5.56 Å². The van der Waals surface area contributed by atoms with E-state index in [9.17, 15) is 9.59 Å². The Bertz CT molecular complexity index is 628. The van der Waals surface area contributed by atoms with Crippen molar-refractivity contribution in [3.8, 4) is 0 Å². The van der Waals surface area contributed by atoms with Gasteiger partial charge in [0.2, 0.25) is 0 Å². The lowest BCUT2D eigenvalue weighted by Gasteiger charge is -2.38. The minimum Gasteiger partial charge on any atom is -0.463 e. The lowest BCUT2D eigenvalue weighted by molar-refractivity contribution is -0.144. The van der Waals surface area contributed by atoms with Crippen molar-refractivity contribution in [3.63, 3.8) is 0 Å². The van der Waals surface area contributed by atoms with Crippen LogP contribution in [0, 0.1) is 0 Å². The number of allylic oxidation sites excluding steroid dienone is 1. The number of esters is 2. The highest BCUT2D eigenvalue weighted by Crippen LogP contribution is 2.47. The number of cyclic esters (lactones) is 1. The fraction of sp³-hybridized carbons (Fsp3) is 0.444. The second-order valence-electron chi connectivity index (χ2n) is 6.84. The summed E-state index contributed by atoms with van der Waals surface area (Å²) in [5.74, 6) is -0.571. The molecule has 0 amide bonds. The molecule has 0 N–H and O–H groups in total. The molecule has 1 heterocycles. The van der Waals surface area contributed by atoms with Gasteiger partial charge >= 0.3 is 11.9 Å². The molecule has 0 fully saturated rings. The molecule has 0 spiro atoms. The molecule has 23 heavy (non-hydrogen) atoms. The van der Waals surface area contributed by atoms with E-state index >= 15 is 0 Å². The van der Waals surface area contributed by atoms with Gasteiger partial charge in [-0.25, -0.2) is 4.79 Å². The maximum atomic E-state index is 12.6. The van der Waals surface area contributed by atoms with Crippen LogP contribution in [-0.4, -0.2) is 26.6 Å². The maximum absolute atomic E-state index is 12.6. The molecule has 5 heteroatoms. The Morgan fingerprint density at radius 2 is 1.83 bits per heavy atom. The van der Waals surface area contributed by atoms with Crippen LogP contribution in [-0.2, 0) is 19.1 Å². The van der Waals surface area contributed by atoms with Gasteiger partial charge in [0.25, 0.3) is 0 Å². The van der Waals surface area contributed by atoms with Crippen molar-refractivity contribution >= 4 is 20.0 Å². The molecule has 0 aromatic heterocycles. The molecule has 0 bridgehead atoms. The van der Waals surface area contributed by atoms with Crippen LogP contribution in [0.15, 0.2) is 41.7 Å². The van der Waals surface area contributed by atoms with Crippen LogP contribution >= 0.6 is 0 Å². The lowest BCUT2D eigenvalue weighted by atomic mass is 9.85. The fourth-order valence-corrected chi connectivity index (χ4v) is 5.27. The first-order chi connectivity index (χ1) is 10.8. The molecule has 124 valence electrons. The van der Waals surface area contributed by atoms with Crippen LogP contribution in [0.3, 0.4) is 0 Å². The van der Waals surface area contributed by atoms with E-state index in [1.54, 1.807) is 13.8 Å². The normalized spacial score (nSPS) is 21.9. The Kier molecular flexibility index (Phi) is 5.09. The van der Waals surface area contributed by atoms with Gasteiger partial charge in [-0.1, -0.05) is 50.0 Å². The number of carbonyl (C=O) groups is 2. The Morgan fingerprint density at radius 1 is 1.22 bits per heavy atom. The van der Waals surface area contributed by atoms with E-state index < -0.39 is 14.0 Å². The van der Waals surface area contributed by atoms with Crippen molar-refractivity contribution in [2.75, 3.05) is 6.61 Å². The highest BCUT2D eigenvalue weighted by Gasteiger charge is 2.48. The van der Waals surface area contributed by atoms with Crippen LogP contribution in [0.2, 0.25) is 25.2 Å². The summed E-state index contributed by atoms with van der Waals surface area (Å²) in [5, 5.41) is 0. The topological polar surface area (TPSA) is 52.6 Å². The quantitative estimate of drug-likeness (QED) is 0.620. The van der Waals surface area contributed by atoms with Crippen molar-refractivity contribution < 1.29 is 19.1 Å². The van der Waals surface area contributed by atoms with Gasteiger partial charge < -0.3 is 9.47 Å². The van der Waals surface area contributed by atoms with Crippen LogP contribution in [0.4, 0.5) is 0 Å².